The van der Waals surface area contributed by atoms with Gasteiger partial charge in [0, 0.05) is 0 Å². The monoisotopic (exact) mass is 154 g/mol. The Hall–Kier alpha value is -0.590. The Bertz CT molecular complexity index is 134. The van der Waals surface area contributed by atoms with E-state index in [1.165, 1.54) is 12.8 Å². The molecule has 0 saturated carbocycles. The van der Waals surface area contributed by atoms with E-state index < -0.39 is 0 Å². The van der Waals surface area contributed by atoms with Crippen LogP contribution in [0.3, 0.4) is 0 Å². The molecule has 11 heavy (non-hydrogen) atoms. The highest BCUT2D eigenvalue weighted by Crippen LogP contribution is 2.08. The number of carbonyl (C=O) groups excluding carboxylic acids is 1. The molecule has 0 rings (SSSR count). The first-order chi connectivity index (χ1) is 5.22. The Balaban J connectivity index is 3.81. The van der Waals surface area contributed by atoms with Gasteiger partial charge in [-0.2, -0.15) is 0 Å². The molecule has 0 unspecified atom stereocenters. The molecule has 0 spiro atoms. The fourth-order valence-corrected chi connectivity index (χ4v) is 0.893. The van der Waals surface area contributed by atoms with Crippen molar-refractivity contribution in [3.05, 3.63) is 11.6 Å². The molecule has 1 heteroatoms. The molecule has 0 fully saturated rings. The van der Waals surface area contributed by atoms with E-state index in [0.29, 0.717) is 5.92 Å². The van der Waals surface area contributed by atoms with Crippen LogP contribution in [0.1, 0.15) is 40.0 Å². The average molecular weight is 154 g/mol. The van der Waals surface area contributed by atoms with E-state index in [4.69, 9.17) is 0 Å². The van der Waals surface area contributed by atoms with Crippen LogP contribution >= 0.6 is 0 Å². The minimum atomic E-state index is 0.379. The molecule has 0 atom stereocenters. The van der Waals surface area contributed by atoms with Gasteiger partial charge in [-0.25, -0.2) is 0 Å². The molecule has 1 nitrogen and oxygen atoms in total. The van der Waals surface area contributed by atoms with Crippen molar-refractivity contribution in [2.45, 2.75) is 40.0 Å². The first kappa shape index (κ1) is 10.4. The van der Waals surface area contributed by atoms with Crippen LogP contribution in [0.25, 0.3) is 0 Å². The highest BCUT2D eigenvalue weighted by molar-refractivity contribution is 5.73. The van der Waals surface area contributed by atoms with E-state index in [0.717, 1.165) is 18.3 Å². The topological polar surface area (TPSA) is 17.1 Å². The van der Waals surface area contributed by atoms with Crippen LogP contribution in [0.15, 0.2) is 11.6 Å². The summed E-state index contributed by atoms with van der Waals surface area (Å²) in [4.78, 5) is 10.5. The summed E-state index contributed by atoms with van der Waals surface area (Å²) in [5.41, 5.74) is 0.943. The van der Waals surface area contributed by atoms with Gasteiger partial charge < -0.3 is 0 Å². The summed E-state index contributed by atoms with van der Waals surface area (Å²) in [6.07, 6.45) is 6.45. The molecule has 64 valence electrons. The van der Waals surface area contributed by atoms with Gasteiger partial charge in [0.25, 0.3) is 0 Å². The van der Waals surface area contributed by atoms with E-state index in [-0.39, 0.29) is 0 Å². The number of unbranched alkanes of at least 4 members (excludes halogenated alkanes) is 2. The van der Waals surface area contributed by atoms with Crippen LogP contribution in [0.2, 0.25) is 0 Å². The van der Waals surface area contributed by atoms with Gasteiger partial charge >= 0.3 is 0 Å². The van der Waals surface area contributed by atoms with Gasteiger partial charge in [0.2, 0.25) is 0 Å². The molecular weight excluding hydrogens is 136 g/mol. The molecule has 0 aliphatic rings. The van der Waals surface area contributed by atoms with Crippen LogP contribution in [0, 0.1) is 5.92 Å². The SMILES string of the molecule is CCCC/C=C(\C=O)C(C)C. The van der Waals surface area contributed by atoms with Crippen LogP contribution in [0.4, 0.5) is 0 Å². The van der Waals surface area contributed by atoms with Crippen molar-refractivity contribution in [3.63, 3.8) is 0 Å². The first-order valence-electron chi connectivity index (χ1n) is 4.37. The zero-order valence-corrected chi connectivity index (χ0v) is 7.76. The minimum absolute atomic E-state index is 0.379. The highest BCUT2D eigenvalue weighted by atomic mass is 16.1. The average Bonchev–Trinajstić information content (AvgIpc) is 1.97. The van der Waals surface area contributed by atoms with Crippen LogP contribution in [0.5, 0.6) is 0 Å². The molecule has 0 bridgehead atoms. The second kappa shape index (κ2) is 6.14. The Morgan fingerprint density at radius 3 is 2.45 bits per heavy atom. The van der Waals surface area contributed by atoms with E-state index in [1.807, 2.05) is 13.8 Å². The molecule has 0 N–H and O–H groups in total. The third kappa shape index (κ3) is 4.77. The second-order valence-electron chi connectivity index (χ2n) is 3.12. The molecule has 0 saturated heterocycles. The van der Waals surface area contributed by atoms with Crippen molar-refractivity contribution in [2.24, 2.45) is 5.92 Å². The largest absolute Gasteiger partial charge is 0.298 e. The number of carbonyl (C=O) groups is 1. The summed E-state index contributed by atoms with van der Waals surface area (Å²) in [5.74, 6) is 0.379. The lowest BCUT2D eigenvalue weighted by Crippen LogP contribution is -1.94. The zero-order valence-electron chi connectivity index (χ0n) is 7.76. The van der Waals surface area contributed by atoms with Crippen LogP contribution in [-0.2, 0) is 4.79 Å². The quantitative estimate of drug-likeness (QED) is 0.338. The van der Waals surface area contributed by atoms with E-state index >= 15 is 0 Å². The number of rotatable bonds is 5. The Labute approximate surface area is 69.5 Å². The van der Waals surface area contributed by atoms with Gasteiger partial charge in [-0.05, 0) is 17.9 Å². The maximum absolute atomic E-state index is 10.5. The van der Waals surface area contributed by atoms with Crippen molar-refractivity contribution < 1.29 is 4.79 Å². The van der Waals surface area contributed by atoms with Crippen LogP contribution < -0.4 is 0 Å². The first-order valence-corrected chi connectivity index (χ1v) is 4.37. The van der Waals surface area contributed by atoms with E-state index in [2.05, 4.69) is 13.0 Å². The standard InChI is InChI=1S/C10H18O/c1-4-5-6-7-10(8-11)9(2)3/h7-9H,4-6H2,1-3H3/b10-7+. The second-order valence-corrected chi connectivity index (χ2v) is 3.12. The summed E-state index contributed by atoms with van der Waals surface area (Å²) in [6.45, 7) is 6.25. The maximum atomic E-state index is 10.5. The molecule has 0 aliphatic heterocycles. The molecular formula is C10H18O. The van der Waals surface area contributed by atoms with Gasteiger partial charge in [-0.3, -0.25) is 4.79 Å². The molecule has 0 heterocycles. The summed E-state index contributed by atoms with van der Waals surface area (Å²) in [5, 5.41) is 0. The predicted molar refractivity (Wildman–Crippen MR) is 48.5 cm³/mol. The number of aldehydes is 1. The lowest BCUT2D eigenvalue weighted by atomic mass is 10.0. The number of allylic oxidation sites excluding steroid dienone is 2. The Kier molecular flexibility index (Phi) is 5.81. The van der Waals surface area contributed by atoms with Gasteiger partial charge in [-0.15, -0.1) is 0 Å². The number of hydrogen-bond donors (Lipinski definition) is 0. The molecule has 0 aromatic rings. The Morgan fingerprint density at radius 1 is 1.45 bits per heavy atom. The van der Waals surface area contributed by atoms with Gasteiger partial charge in [0.1, 0.15) is 6.29 Å². The molecule has 0 aliphatic carbocycles. The Morgan fingerprint density at radius 2 is 2.09 bits per heavy atom. The van der Waals surface area contributed by atoms with Crippen molar-refractivity contribution >= 4 is 6.29 Å². The summed E-state index contributed by atoms with van der Waals surface area (Å²) in [6, 6.07) is 0. The predicted octanol–water partition coefficient (Wildman–Crippen LogP) is 2.96. The van der Waals surface area contributed by atoms with Crippen molar-refractivity contribution in [1.82, 2.24) is 0 Å². The van der Waals surface area contributed by atoms with E-state index in [9.17, 15) is 4.79 Å². The molecule has 0 aromatic carbocycles. The third-order valence-electron chi connectivity index (χ3n) is 1.74. The highest BCUT2D eigenvalue weighted by Gasteiger charge is 1.99. The fourth-order valence-electron chi connectivity index (χ4n) is 0.893. The summed E-state index contributed by atoms with van der Waals surface area (Å²) >= 11 is 0. The lowest BCUT2D eigenvalue weighted by Gasteiger charge is -2.02. The van der Waals surface area contributed by atoms with Crippen molar-refractivity contribution in [1.29, 1.82) is 0 Å². The molecule has 0 aromatic heterocycles. The van der Waals surface area contributed by atoms with Gasteiger partial charge in [0.05, 0.1) is 0 Å². The molecule has 0 amide bonds. The third-order valence-corrected chi connectivity index (χ3v) is 1.74. The molecule has 0 radical (unpaired) electrons. The van der Waals surface area contributed by atoms with Crippen molar-refractivity contribution in [3.8, 4) is 0 Å². The maximum Gasteiger partial charge on any atom is 0.145 e. The number of hydrogen-bond acceptors (Lipinski definition) is 1. The normalized spacial score (nSPS) is 12.2. The summed E-state index contributed by atoms with van der Waals surface area (Å²) in [7, 11) is 0. The minimum Gasteiger partial charge on any atom is -0.298 e. The summed E-state index contributed by atoms with van der Waals surface area (Å²) < 4.78 is 0. The zero-order chi connectivity index (χ0) is 8.69. The van der Waals surface area contributed by atoms with Crippen molar-refractivity contribution in [2.75, 3.05) is 0 Å². The fraction of sp³-hybridized carbons (Fsp3) is 0.700. The lowest BCUT2D eigenvalue weighted by molar-refractivity contribution is -0.105. The van der Waals surface area contributed by atoms with Gasteiger partial charge in [0.15, 0.2) is 0 Å². The van der Waals surface area contributed by atoms with Gasteiger partial charge in [-0.1, -0.05) is 39.7 Å². The van der Waals surface area contributed by atoms with Crippen LogP contribution in [-0.4, -0.2) is 6.29 Å². The smallest absolute Gasteiger partial charge is 0.145 e. The van der Waals surface area contributed by atoms with E-state index in [1.54, 1.807) is 0 Å².